The van der Waals surface area contributed by atoms with Crippen molar-refractivity contribution in [3.05, 3.63) is 69.8 Å². The van der Waals surface area contributed by atoms with Crippen molar-refractivity contribution in [2.24, 2.45) is 0 Å². The number of carbonyl (C=O) groups is 1. The van der Waals surface area contributed by atoms with Crippen LogP contribution in [0.5, 0.6) is 0 Å². The quantitative estimate of drug-likeness (QED) is 0.693. The minimum absolute atomic E-state index is 0.174. The molecule has 114 valence electrons. The molecule has 0 unspecified atom stereocenters. The lowest BCUT2D eigenvalue weighted by Crippen LogP contribution is -2.20. The molecule has 0 radical (unpaired) electrons. The molecule has 0 saturated carbocycles. The number of ether oxygens (including phenoxy) is 1. The average Bonchev–Trinajstić information content (AvgIpc) is 3.06. The zero-order valence-electron chi connectivity index (χ0n) is 12.3. The molecule has 0 fully saturated rings. The van der Waals surface area contributed by atoms with Gasteiger partial charge in [0.15, 0.2) is 0 Å². The highest BCUT2D eigenvalue weighted by Crippen LogP contribution is 2.17. The summed E-state index contributed by atoms with van der Waals surface area (Å²) in [6, 6.07) is 10.2. The van der Waals surface area contributed by atoms with Gasteiger partial charge in [-0.25, -0.2) is 4.79 Å². The Hall–Kier alpha value is -3.33. The van der Waals surface area contributed by atoms with E-state index in [2.05, 4.69) is 4.74 Å². The second-order valence-corrected chi connectivity index (χ2v) is 4.89. The van der Waals surface area contributed by atoms with E-state index in [1.807, 2.05) is 6.07 Å². The molecule has 6 heteroatoms. The molecule has 3 rings (SSSR count). The summed E-state index contributed by atoms with van der Waals surface area (Å²) >= 11 is 0. The van der Waals surface area contributed by atoms with Crippen LogP contribution in [-0.4, -0.2) is 17.6 Å². The van der Waals surface area contributed by atoms with Gasteiger partial charge in [-0.1, -0.05) is 12.1 Å². The van der Waals surface area contributed by atoms with E-state index in [0.29, 0.717) is 16.5 Å². The summed E-state index contributed by atoms with van der Waals surface area (Å²) in [5, 5.41) is 9.84. The number of benzene rings is 1. The van der Waals surface area contributed by atoms with E-state index in [1.54, 1.807) is 30.5 Å². The van der Waals surface area contributed by atoms with Crippen molar-refractivity contribution in [3.63, 3.8) is 0 Å². The van der Waals surface area contributed by atoms with Gasteiger partial charge >= 0.3 is 5.97 Å². The number of aromatic nitrogens is 1. The average molecular weight is 308 g/mol. The maximum Gasteiger partial charge on any atom is 0.339 e. The van der Waals surface area contributed by atoms with Gasteiger partial charge in [-0.15, -0.1) is 0 Å². The van der Waals surface area contributed by atoms with Gasteiger partial charge in [0.2, 0.25) is 0 Å². The third-order valence-corrected chi connectivity index (χ3v) is 3.60. The molecule has 6 nitrogen and oxygen atoms in total. The molecule has 0 spiro atoms. The van der Waals surface area contributed by atoms with Gasteiger partial charge in [0, 0.05) is 6.20 Å². The molecule has 0 aliphatic carbocycles. The number of fused-ring (bicyclic) bond motifs is 1. The first-order chi connectivity index (χ1) is 11.2. The van der Waals surface area contributed by atoms with Crippen LogP contribution >= 0.6 is 0 Å². The van der Waals surface area contributed by atoms with Gasteiger partial charge in [0.25, 0.3) is 5.56 Å². The van der Waals surface area contributed by atoms with Crippen molar-refractivity contribution in [3.8, 4) is 6.07 Å². The molecule has 2 heterocycles. The van der Waals surface area contributed by atoms with Gasteiger partial charge in [-0.2, -0.15) is 5.26 Å². The number of methoxy groups -OCH3 is 1. The van der Waals surface area contributed by atoms with Crippen molar-refractivity contribution in [1.82, 2.24) is 4.57 Å². The van der Waals surface area contributed by atoms with Gasteiger partial charge in [-0.3, -0.25) is 4.79 Å². The van der Waals surface area contributed by atoms with Crippen LogP contribution in [0.3, 0.4) is 0 Å². The highest BCUT2D eigenvalue weighted by Gasteiger charge is 2.16. The van der Waals surface area contributed by atoms with Crippen LogP contribution in [0.15, 0.2) is 52.0 Å². The molecular formula is C17H12N2O4. The summed E-state index contributed by atoms with van der Waals surface area (Å²) in [7, 11) is 1.26. The van der Waals surface area contributed by atoms with Crippen molar-refractivity contribution < 1.29 is 13.9 Å². The summed E-state index contributed by atoms with van der Waals surface area (Å²) < 4.78 is 11.3. The van der Waals surface area contributed by atoms with Crippen LogP contribution in [-0.2, 0) is 11.3 Å². The van der Waals surface area contributed by atoms with Gasteiger partial charge in [0.1, 0.15) is 11.7 Å². The third-order valence-electron chi connectivity index (χ3n) is 3.60. The first kappa shape index (κ1) is 14.6. The molecule has 0 aliphatic heterocycles. The lowest BCUT2D eigenvalue weighted by Gasteiger charge is -2.10. The highest BCUT2D eigenvalue weighted by atomic mass is 16.5. The Morgan fingerprint density at radius 1 is 1.35 bits per heavy atom. The number of nitrogens with zero attached hydrogens (tertiary/aromatic N) is 2. The topological polar surface area (TPSA) is 85.2 Å². The van der Waals surface area contributed by atoms with Crippen molar-refractivity contribution >= 4 is 16.9 Å². The molecule has 0 bridgehead atoms. The summed E-state index contributed by atoms with van der Waals surface area (Å²) in [6.07, 6.45) is 3.05. The lowest BCUT2D eigenvalue weighted by molar-refractivity contribution is 0.0600. The summed E-state index contributed by atoms with van der Waals surface area (Å²) in [5.74, 6) is -0.582. The predicted octanol–water partition coefficient (Wildman–Crippen LogP) is 2.30. The fourth-order valence-electron chi connectivity index (χ4n) is 2.46. The number of hydrogen-bond acceptors (Lipinski definition) is 5. The Balaban J connectivity index is 2.09. The Morgan fingerprint density at radius 2 is 2.17 bits per heavy atom. The molecule has 3 aromatic rings. The standard InChI is InChI=1S/C17H12N2O4/c1-22-17(21)12-4-2-3-11(14(12)9-18)10-19-7-5-15-13(16(19)20)6-8-23-15/h2-8H,10H2,1H3. The van der Waals surface area contributed by atoms with Crippen LogP contribution in [0.4, 0.5) is 0 Å². The van der Waals surface area contributed by atoms with Crippen molar-refractivity contribution in [2.75, 3.05) is 7.11 Å². The summed E-state index contributed by atoms with van der Waals surface area (Å²) in [4.78, 5) is 24.1. The Labute approximate surface area is 131 Å². The van der Waals surface area contributed by atoms with E-state index >= 15 is 0 Å². The number of nitriles is 1. The smallest absolute Gasteiger partial charge is 0.339 e. The first-order valence-corrected chi connectivity index (χ1v) is 6.82. The number of esters is 1. The van der Waals surface area contributed by atoms with E-state index in [4.69, 9.17) is 4.42 Å². The molecule has 0 amide bonds. The molecule has 0 atom stereocenters. The first-order valence-electron chi connectivity index (χ1n) is 6.82. The van der Waals surface area contributed by atoms with E-state index in [0.717, 1.165) is 0 Å². The molecular weight excluding hydrogens is 296 g/mol. The van der Waals surface area contributed by atoms with Crippen LogP contribution in [0.25, 0.3) is 11.0 Å². The van der Waals surface area contributed by atoms with Crippen molar-refractivity contribution in [1.29, 1.82) is 5.26 Å². The molecule has 2 aromatic heterocycles. The van der Waals surface area contributed by atoms with E-state index in [-0.39, 0.29) is 23.2 Å². The van der Waals surface area contributed by atoms with E-state index < -0.39 is 5.97 Å². The Kier molecular flexibility index (Phi) is 3.69. The highest BCUT2D eigenvalue weighted by molar-refractivity contribution is 5.92. The van der Waals surface area contributed by atoms with Crippen LogP contribution in [0.2, 0.25) is 0 Å². The summed E-state index contributed by atoms with van der Waals surface area (Å²) in [5.41, 5.74) is 1.25. The molecule has 0 saturated heterocycles. The van der Waals surface area contributed by atoms with Crippen LogP contribution in [0, 0.1) is 11.3 Å². The summed E-state index contributed by atoms with van der Waals surface area (Å²) in [6.45, 7) is 0.174. The lowest BCUT2D eigenvalue weighted by atomic mass is 10.0. The number of hydrogen-bond donors (Lipinski definition) is 0. The second-order valence-electron chi connectivity index (χ2n) is 4.89. The minimum Gasteiger partial charge on any atom is -0.465 e. The number of carbonyl (C=O) groups excluding carboxylic acids is 1. The fraction of sp³-hybridized carbons (Fsp3) is 0.118. The van der Waals surface area contributed by atoms with Gasteiger partial charge in [0.05, 0.1) is 36.4 Å². The monoisotopic (exact) mass is 308 g/mol. The molecule has 0 N–H and O–H groups in total. The normalized spacial score (nSPS) is 10.4. The SMILES string of the molecule is COC(=O)c1cccc(Cn2ccc3occc3c2=O)c1C#N. The number of furan rings is 1. The minimum atomic E-state index is -0.582. The fourth-order valence-corrected chi connectivity index (χ4v) is 2.46. The third kappa shape index (κ3) is 2.49. The van der Waals surface area contributed by atoms with Crippen LogP contribution < -0.4 is 5.56 Å². The largest absolute Gasteiger partial charge is 0.465 e. The molecule has 23 heavy (non-hydrogen) atoms. The zero-order chi connectivity index (χ0) is 16.4. The number of rotatable bonds is 3. The predicted molar refractivity (Wildman–Crippen MR) is 82.1 cm³/mol. The molecule has 0 aliphatic rings. The van der Waals surface area contributed by atoms with Gasteiger partial charge < -0.3 is 13.7 Å². The van der Waals surface area contributed by atoms with E-state index in [9.17, 15) is 14.9 Å². The van der Waals surface area contributed by atoms with E-state index in [1.165, 1.54) is 24.0 Å². The van der Waals surface area contributed by atoms with Crippen molar-refractivity contribution in [2.45, 2.75) is 6.54 Å². The zero-order valence-corrected chi connectivity index (χ0v) is 12.3. The van der Waals surface area contributed by atoms with Crippen LogP contribution in [0.1, 0.15) is 21.5 Å². The second kappa shape index (κ2) is 5.81. The maximum absolute atomic E-state index is 12.4. The Bertz CT molecular complexity index is 992. The van der Waals surface area contributed by atoms with Gasteiger partial charge in [-0.05, 0) is 23.8 Å². The maximum atomic E-state index is 12.4. The molecule has 1 aromatic carbocycles. The Morgan fingerprint density at radius 3 is 2.91 bits per heavy atom. The number of pyridine rings is 1.